The Morgan fingerprint density at radius 2 is 1.69 bits per heavy atom. The van der Waals surface area contributed by atoms with E-state index in [1.165, 1.54) is 12.7 Å². The molecule has 2 aromatic rings. The average Bonchev–Trinajstić information content (AvgIpc) is 2.70. The van der Waals surface area contributed by atoms with Crippen LogP contribution in [-0.2, 0) is 11.3 Å². The molecular formula is C21H26N2O3. The van der Waals surface area contributed by atoms with E-state index in [4.69, 9.17) is 9.47 Å². The first-order valence-corrected chi connectivity index (χ1v) is 9.04. The molecule has 3 rings (SSSR count). The van der Waals surface area contributed by atoms with Gasteiger partial charge in [-0.2, -0.15) is 0 Å². The molecule has 1 aliphatic heterocycles. The Kier molecular flexibility index (Phi) is 6.63. The zero-order valence-corrected chi connectivity index (χ0v) is 15.3. The van der Waals surface area contributed by atoms with Crippen LogP contribution in [0.3, 0.4) is 0 Å². The molecule has 5 heteroatoms. The van der Waals surface area contributed by atoms with Gasteiger partial charge in [-0.25, -0.2) is 4.79 Å². The van der Waals surface area contributed by atoms with E-state index in [2.05, 4.69) is 40.1 Å². The number of hydrogen-bond donors (Lipinski definition) is 0. The fourth-order valence-corrected chi connectivity index (χ4v) is 3.14. The summed E-state index contributed by atoms with van der Waals surface area (Å²) in [5.41, 5.74) is 1.88. The molecule has 1 heterocycles. The number of methoxy groups -OCH3 is 1. The number of carbonyl (C=O) groups excluding carboxylic acids is 1. The summed E-state index contributed by atoms with van der Waals surface area (Å²) in [6.07, 6.45) is 0. The maximum absolute atomic E-state index is 11.6. The normalized spacial score (nSPS) is 15.6. The highest BCUT2D eigenvalue weighted by Gasteiger charge is 2.16. The van der Waals surface area contributed by atoms with Crippen LogP contribution in [0.4, 0.5) is 0 Å². The first kappa shape index (κ1) is 18.4. The molecule has 1 saturated heterocycles. The summed E-state index contributed by atoms with van der Waals surface area (Å²) in [6, 6.07) is 17.7. The van der Waals surface area contributed by atoms with Gasteiger partial charge in [0, 0.05) is 39.3 Å². The smallest absolute Gasteiger partial charge is 0.337 e. The lowest BCUT2D eigenvalue weighted by molar-refractivity contribution is 0.0600. The number of esters is 1. The topological polar surface area (TPSA) is 42.0 Å². The number of hydrogen-bond acceptors (Lipinski definition) is 5. The lowest BCUT2D eigenvalue weighted by Crippen LogP contribution is -2.47. The molecule has 1 aliphatic rings. The molecule has 0 bridgehead atoms. The minimum atomic E-state index is -0.343. The second kappa shape index (κ2) is 9.36. The van der Waals surface area contributed by atoms with E-state index in [0.29, 0.717) is 17.9 Å². The molecule has 0 unspecified atom stereocenters. The molecule has 2 aromatic carbocycles. The lowest BCUT2D eigenvalue weighted by Gasteiger charge is -2.34. The van der Waals surface area contributed by atoms with Crippen molar-refractivity contribution in [3.05, 3.63) is 65.7 Å². The van der Waals surface area contributed by atoms with E-state index >= 15 is 0 Å². The summed E-state index contributed by atoms with van der Waals surface area (Å²) in [6.45, 7) is 6.78. The monoisotopic (exact) mass is 354 g/mol. The molecule has 0 aliphatic carbocycles. The largest absolute Gasteiger partial charge is 0.492 e. The highest BCUT2D eigenvalue weighted by Crippen LogP contribution is 2.14. The van der Waals surface area contributed by atoms with Crippen LogP contribution >= 0.6 is 0 Å². The number of piperazine rings is 1. The molecule has 1 fully saturated rings. The van der Waals surface area contributed by atoms with Crippen molar-refractivity contribution < 1.29 is 14.3 Å². The molecule has 138 valence electrons. The zero-order chi connectivity index (χ0) is 18.2. The summed E-state index contributed by atoms with van der Waals surface area (Å²) in [5.74, 6) is 0.362. The molecular weight excluding hydrogens is 328 g/mol. The molecule has 0 spiro atoms. The van der Waals surface area contributed by atoms with Crippen LogP contribution in [0.5, 0.6) is 5.75 Å². The van der Waals surface area contributed by atoms with E-state index in [1.54, 1.807) is 12.1 Å². The highest BCUT2D eigenvalue weighted by atomic mass is 16.5. The van der Waals surface area contributed by atoms with Crippen LogP contribution in [0, 0.1) is 0 Å². The number of ether oxygens (including phenoxy) is 2. The van der Waals surface area contributed by atoms with Gasteiger partial charge >= 0.3 is 5.97 Å². The second-order valence-corrected chi connectivity index (χ2v) is 6.47. The van der Waals surface area contributed by atoms with Crippen molar-refractivity contribution in [1.29, 1.82) is 0 Å². The van der Waals surface area contributed by atoms with Crippen LogP contribution in [-0.4, -0.2) is 62.2 Å². The van der Waals surface area contributed by atoms with Gasteiger partial charge < -0.3 is 9.47 Å². The fourth-order valence-electron chi connectivity index (χ4n) is 3.14. The van der Waals surface area contributed by atoms with Crippen molar-refractivity contribution in [2.24, 2.45) is 0 Å². The Hall–Kier alpha value is -2.37. The summed E-state index contributed by atoms with van der Waals surface area (Å²) in [7, 11) is 1.38. The van der Waals surface area contributed by atoms with Gasteiger partial charge in [-0.3, -0.25) is 9.80 Å². The van der Waals surface area contributed by atoms with Gasteiger partial charge in [-0.1, -0.05) is 36.4 Å². The Morgan fingerprint density at radius 1 is 0.962 bits per heavy atom. The van der Waals surface area contributed by atoms with Gasteiger partial charge in [0.25, 0.3) is 0 Å². The van der Waals surface area contributed by atoms with Crippen LogP contribution < -0.4 is 4.74 Å². The van der Waals surface area contributed by atoms with Crippen LogP contribution in [0.25, 0.3) is 0 Å². The predicted molar refractivity (Wildman–Crippen MR) is 101 cm³/mol. The van der Waals surface area contributed by atoms with E-state index in [0.717, 1.165) is 39.3 Å². The lowest BCUT2D eigenvalue weighted by atomic mass is 10.2. The zero-order valence-electron chi connectivity index (χ0n) is 15.3. The van der Waals surface area contributed by atoms with Crippen molar-refractivity contribution in [1.82, 2.24) is 9.80 Å². The molecule has 0 saturated carbocycles. The number of carbonyl (C=O) groups is 1. The maximum atomic E-state index is 11.6. The van der Waals surface area contributed by atoms with Gasteiger partial charge in [0.15, 0.2) is 0 Å². The van der Waals surface area contributed by atoms with Gasteiger partial charge in [0.1, 0.15) is 12.4 Å². The van der Waals surface area contributed by atoms with E-state index in [9.17, 15) is 4.79 Å². The molecule has 0 N–H and O–H groups in total. The molecule has 0 atom stereocenters. The van der Waals surface area contributed by atoms with Crippen LogP contribution in [0.1, 0.15) is 15.9 Å². The predicted octanol–water partition coefficient (Wildman–Crippen LogP) is 2.67. The second-order valence-electron chi connectivity index (χ2n) is 6.47. The van der Waals surface area contributed by atoms with Crippen LogP contribution in [0.15, 0.2) is 54.6 Å². The van der Waals surface area contributed by atoms with Gasteiger partial charge in [-0.15, -0.1) is 0 Å². The highest BCUT2D eigenvalue weighted by molar-refractivity contribution is 5.89. The number of rotatable bonds is 7. The third-order valence-electron chi connectivity index (χ3n) is 4.65. The van der Waals surface area contributed by atoms with E-state index < -0.39 is 0 Å². The van der Waals surface area contributed by atoms with Gasteiger partial charge in [-0.05, 0) is 23.8 Å². The van der Waals surface area contributed by atoms with Crippen LogP contribution in [0.2, 0.25) is 0 Å². The first-order valence-electron chi connectivity index (χ1n) is 9.04. The van der Waals surface area contributed by atoms with Gasteiger partial charge in [0.05, 0.1) is 12.7 Å². The Bertz CT molecular complexity index is 697. The minimum absolute atomic E-state index is 0.343. The molecule has 0 radical (unpaired) electrons. The first-order chi connectivity index (χ1) is 12.7. The number of benzene rings is 2. The van der Waals surface area contributed by atoms with E-state index in [1.807, 2.05) is 12.1 Å². The average molecular weight is 354 g/mol. The summed E-state index contributed by atoms with van der Waals surface area (Å²) in [5, 5.41) is 0. The van der Waals surface area contributed by atoms with Crippen molar-refractivity contribution in [3.8, 4) is 5.75 Å². The van der Waals surface area contributed by atoms with Crippen molar-refractivity contribution in [2.45, 2.75) is 6.54 Å². The maximum Gasteiger partial charge on any atom is 0.337 e. The number of nitrogens with zero attached hydrogens (tertiary/aromatic N) is 2. The third kappa shape index (κ3) is 5.31. The Morgan fingerprint density at radius 3 is 2.42 bits per heavy atom. The molecule has 0 amide bonds. The summed E-state index contributed by atoms with van der Waals surface area (Å²) in [4.78, 5) is 16.5. The fraction of sp³-hybridized carbons (Fsp3) is 0.381. The summed E-state index contributed by atoms with van der Waals surface area (Å²) >= 11 is 0. The minimum Gasteiger partial charge on any atom is -0.492 e. The van der Waals surface area contributed by atoms with Crippen molar-refractivity contribution in [2.75, 3.05) is 46.4 Å². The quantitative estimate of drug-likeness (QED) is 0.715. The van der Waals surface area contributed by atoms with Gasteiger partial charge in [0.2, 0.25) is 0 Å². The van der Waals surface area contributed by atoms with Crippen molar-refractivity contribution >= 4 is 5.97 Å². The molecule has 5 nitrogen and oxygen atoms in total. The molecule has 26 heavy (non-hydrogen) atoms. The standard InChI is InChI=1S/C21H26N2O3/c1-25-21(24)19-8-5-9-20(16-19)26-15-14-22-10-12-23(13-11-22)17-18-6-3-2-4-7-18/h2-9,16H,10-15,17H2,1H3. The van der Waals surface area contributed by atoms with E-state index in [-0.39, 0.29) is 5.97 Å². The SMILES string of the molecule is COC(=O)c1cccc(OCCN2CCN(Cc3ccccc3)CC2)c1. The molecule has 0 aromatic heterocycles. The summed E-state index contributed by atoms with van der Waals surface area (Å²) < 4.78 is 10.5. The van der Waals surface area contributed by atoms with Crippen molar-refractivity contribution in [3.63, 3.8) is 0 Å². The third-order valence-corrected chi connectivity index (χ3v) is 4.65. The Balaban J connectivity index is 1.38. The Labute approximate surface area is 155 Å².